The van der Waals surface area contributed by atoms with E-state index in [0.717, 1.165) is 5.56 Å². The predicted octanol–water partition coefficient (Wildman–Crippen LogP) is 5.98. The zero-order valence-electron chi connectivity index (χ0n) is 19.7. The molecule has 0 atom stereocenters. The minimum absolute atomic E-state index is 0.0377. The Morgan fingerprint density at radius 2 is 1.43 bits per heavy atom. The molecular weight excluding hydrogens is 456 g/mol. The third-order valence-electron chi connectivity index (χ3n) is 5.07. The van der Waals surface area contributed by atoms with E-state index in [9.17, 15) is 13.6 Å². The number of hydrogen-bond acceptors (Lipinski definition) is 6. The molecule has 0 spiro atoms. The van der Waals surface area contributed by atoms with Crippen LogP contribution in [0.4, 0.5) is 14.5 Å². The van der Waals surface area contributed by atoms with Gasteiger partial charge in [-0.2, -0.15) is 0 Å². The van der Waals surface area contributed by atoms with E-state index in [1.54, 1.807) is 24.3 Å². The molecule has 0 aliphatic carbocycles. The molecule has 0 fully saturated rings. The summed E-state index contributed by atoms with van der Waals surface area (Å²) in [6.07, 6.45) is 6.18. The Morgan fingerprint density at radius 3 is 2.00 bits per heavy atom. The van der Waals surface area contributed by atoms with Crippen LogP contribution >= 0.6 is 0 Å². The molecule has 3 rings (SSSR count). The second-order valence-electron chi connectivity index (χ2n) is 7.21. The Morgan fingerprint density at radius 1 is 0.800 bits per heavy atom. The average molecular weight is 481 g/mol. The summed E-state index contributed by atoms with van der Waals surface area (Å²) in [6.45, 7) is 0. The second kappa shape index (κ2) is 11.7. The van der Waals surface area contributed by atoms with Crippen molar-refractivity contribution in [3.8, 4) is 23.0 Å². The summed E-state index contributed by atoms with van der Waals surface area (Å²) in [6, 6.07) is 11.5. The highest BCUT2D eigenvalue weighted by Gasteiger charge is 2.13. The van der Waals surface area contributed by atoms with E-state index in [-0.39, 0.29) is 11.5 Å². The minimum atomic E-state index is -0.547. The molecular formula is C27H25F2NO5. The van der Waals surface area contributed by atoms with Crippen molar-refractivity contribution in [1.29, 1.82) is 0 Å². The van der Waals surface area contributed by atoms with Gasteiger partial charge in [-0.25, -0.2) is 8.78 Å². The lowest BCUT2D eigenvalue weighted by Gasteiger charge is -2.13. The van der Waals surface area contributed by atoms with Crippen molar-refractivity contribution < 1.29 is 32.5 Å². The predicted molar refractivity (Wildman–Crippen MR) is 131 cm³/mol. The molecule has 0 amide bonds. The van der Waals surface area contributed by atoms with E-state index in [2.05, 4.69) is 5.32 Å². The van der Waals surface area contributed by atoms with Crippen molar-refractivity contribution in [3.63, 3.8) is 0 Å². The van der Waals surface area contributed by atoms with Crippen molar-refractivity contribution in [1.82, 2.24) is 0 Å². The van der Waals surface area contributed by atoms with E-state index in [4.69, 9.17) is 18.9 Å². The maximum absolute atomic E-state index is 14.5. The fraction of sp³-hybridized carbons (Fsp3) is 0.148. The van der Waals surface area contributed by atoms with Crippen LogP contribution in [-0.4, -0.2) is 34.2 Å². The van der Waals surface area contributed by atoms with Gasteiger partial charge in [-0.15, -0.1) is 0 Å². The SMILES string of the molecule is COc1cc(NC=CC(=O)c2ccc(F)cc2)c(C=Cc2cc(OC)c(OC)c(OC)c2)cc1F. The van der Waals surface area contributed by atoms with Gasteiger partial charge in [0, 0.05) is 35.2 Å². The fourth-order valence-electron chi connectivity index (χ4n) is 3.29. The third-order valence-corrected chi connectivity index (χ3v) is 5.07. The van der Waals surface area contributed by atoms with E-state index in [1.165, 1.54) is 77.1 Å². The number of carbonyl (C=O) groups is 1. The first kappa shape index (κ1) is 25.3. The van der Waals surface area contributed by atoms with Gasteiger partial charge in [0.1, 0.15) is 5.82 Å². The molecule has 0 radical (unpaired) electrons. The standard InChI is InChI=1S/C27H25F2NO5/c1-32-24-16-22(30-12-11-23(31)18-7-9-20(28)10-8-18)19(15-21(24)29)6-5-17-13-25(33-2)27(35-4)26(14-17)34-3/h5-16,30H,1-4H3. The minimum Gasteiger partial charge on any atom is -0.494 e. The van der Waals surface area contributed by atoms with Crippen LogP contribution in [0.2, 0.25) is 0 Å². The number of ketones is 1. The average Bonchev–Trinajstić information content (AvgIpc) is 2.87. The summed E-state index contributed by atoms with van der Waals surface area (Å²) in [5, 5.41) is 2.98. The van der Waals surface area contributed by atoms with E-state index in [0.29, 0.717) is 34.1 Å². The number of allylic oxidation sites excluding steroid dienone is 1. The maximum Gasteiger partial charge on any atom is 0.203 e. The lowest BCUT2D eigenvalue weighted by Crippen LogP contribution is -1.99. The van der Waals surface area contributed by atoms with Crippen LogP contribution < -0.4 is 24.3 Å². The Kier molecular flexibility index (Phi) is 8.45. The molecule has 0 saturated carbocycles. The quantitative estimate of drug-likeness (QED) is 0.218. The van der Waals surface area contributed by atoms with Gasteiger partial charge in [-0.1, -0.05) is 12.2 Å². The Bertz CT molecular complexity index is 1230. The van der Waals surface area contributed by atoms with Gasteiger partial charge < -0.3 is 24.3 Å². The zero-order chi connectivity index (χ0) is 25.4. The highest BCUT2D eigenvalue weighted by atomic mass is 19.1. The number of nitrogens with one attached hydrogen (secondary N) is 1. The highest BCUT2D eigenvalue weighted by Crippen LogP contribution is 2.39. The van der Waals surface area contributed by atoms with Gasteiger partial charge in [0.05, 0.1) is 28.4 Å². The van der Waals surface area contributed by atoms with E-state index >= 15 is 0 Å². The number of hydrogen-bond donors (Lipinski definition) is 1. The van der Waals surface area contributed by atoms with Gasteiger partial charge >= 0.3 is 0 Å². The Labute approximate surface area is 202 Å². The molecule has 0 aromatic heterocycles. The Balaban J connectivity index is 1.90. The van der Waals surface area contributed by atoms with Crippen molar-refractivity contribution in [2.24, 2.45) is 0 Å². The number of halogens is 2. The Hall–Kier alpha value is -4.33. The molecule has 0 saturated heterocycles. The highest BCUT2D eigenvalue weighted by molar-refractivity contribution is 6.04. The lowest BCUT2D eigenvalue weighted by atomic mass is 10.1. The number of ether oxygens (including phenoxy) is 4. The van der Waals surface area contributed by atoms with Crippen molar-refractivity contribution in [2.45, 2.75) is 0 Å². The molecule has 3 aromatic carbocycles. The first-order valence-electron chi connectivity index (χ1n) is 10.5. The van der Waals surface area contributed by atoms with Crippen molar-refractivity contribution in [3.05, 3.63) is 89.1 Å². The van der Waals surface area contributed by atoms with Gasteiger partial charge in [0.2, 0.25) is 5.75 Å². The number of carbonyl (C=O) groups excluding carboxylic acids is 1. The topological polar surface area (TPSA) is 66.0 Å². The smallest absolute Gasteiger partial charge is 0.203 e. The summed E-state index contributed by atoms with van der Waals surface area (Å²) in [7, 11) is 5.92. The van der Waals surface area contributed by atoms with Crippen LogP contribution in [-0.2, 0) is 0 Å². The summed E-state index contributed by atoms with van der Waals surface area (Å²) in [5.74, 6) is 0.165. The monoisotopic (exact) mass is 481 g/mol. The number of benzene rings is 3. The van der Waals surface area contributed by atoms with Gasteiger partial charge in [0.15, 0.2) is 28.8 Å². The summed E-state index contributed by atoms with van der Waals surface area (Å²) in [5.41, 5.74) is 2.05. The summed E-state index contributed by atoms with van der Waals surface area (Å²) in [4.78, 5) is 12.3. The van der Waals surface area contributed by atoms with E-state index < -0.39 is 11.6 Å². The van der Waals surface area contributed by atoms with Crippen molar-refractivity contribution in [2.75, 3.05) is 33.8 Å². The number of methoxy groups -OCH3 is 4. The van der Waals surface area contributed by atoms with Gasteiger partial charge in [-0.05, 0) is 48.0 Å². The van der Waals surface area contributed by atoms with Crippen LogP contribution in [0.5, 0.6) is 23.0 Å². The first-order valence-corrected chi connectivity index (χ1v) is 10.5. The summed E-state index contributed by atoms with van der Waals surface area (Å²) < 4.78 is 48.7. The van der Waals surface area contributed by atoms with Crippen LogP contribution in [0, 0.1) is 11.6 Å². The van der Waals surface area contributed by atoms with Crippen LogP contribution in [0.3, 0.4) is 0 Å². The maximum atomic E-state index is 14.5. The van der Waals surface area contributed by atoms with Crippen molar-refractivity contribution >= 4 is 23.6 Å². The molecule has 0 aliphatic heterocycles. The summed E-state index contributed by atoms with van der Waals surface area (Å²) >= 11 is 0. The largest absolute Gasteiger partial charge is 0.494 e. The number of anilines is 1. The molecule has 6 nitrogen and oxygen atoms in total. The molecule has 0 bridgehead atoms. The molecule has 0 unspecified atom stereocenters. The molecule has 35 heavy (non-hydrogen) atoms. The molecule has 3 aromatic rings. The molecule has 0 aliphatic rings. The van der Waals surface area contributed by atoms with Crippen LogP contribution in [0.15, 0.2) is 60.8 Å². The third kappa shape index (κ3) is 6.17. The zero-order valence-corrected chi connectivity index (χ0v) is 19.7. The second-order valence-corrected chi connectivity index (χ2v) is 7.21. The molecule has 0 heterocycles. The van der Waals surface area contributed by atoms with Crippen LogP contribution in [0.1, 0.15) is 21.5 Å². The van der Waals surface area contributed by atoms with Crippen LogP contribution in [0.25, 0.3) is 12.2 Å². The first-order chi connectivity index (χ1) is 16.9. The number of rotatable bonds is 10. The van der Waals surface area contributed by atoms with Gasteiger partial charge in [-0.3, -0.25) is 4.79 Å². The fourth-order valence-corrected chi connectivity index (χ4v) is 3.29. The van der Waals surface area contributed by atoms with Gasteiger partial charge in [0.25, 0.3) is 0 Å². The molecule has 8 heteroatoms. The normalized spacial score (nSPS) is 11.0. The molecule has 182 valence electrons. The van der Waals surface area contributed by atoms with E-state index in [1.807, 2.05) is 0 Å². The molecule has 1 N–H and O–H groups in total. The lowest BCUT2D eigenvalue weighted by molar-refractivity contribution is 0.104.